The van der Waals surface area contributed by atoms with Crippen molar-refractivity contribution >= 4 is 11.9 Å². The Morgan fingerprint density at radius 3 is 1.23 bits per heavy atom. The second kappa shape index (κ2) is 54.0. The number of esters is 1. The first-order valence-electron chi connectivity index (χ1n) is 28.6. The van der Waals surface area contributed by atoms with Crippen LogP contribution in [-0.4, -0.2) is 47.4 Å². The zero-order valence-corrected chi connectivity index (χ0v) is 43.0. The molecule has 0 saturated carbocycles. The third-order valence-electron chi connectivity index (χ3n) is 13.3. The molecule has 6 nitrogen and oxygen atoms in total. The minimum Gasteiger partial charge on any atom is -0.466 e. The number of hydrogen-bond donors (Lipinski definition) is 3. The summed E-state index contributed by atoms with van der Waals surface area (Å²) in [6.07, 6.45) is 64.4. The number of carbonyl (C=O) groups excluding carboxylic acids is 2. The van der Waals surface area contributed by atoms with E-state index in [2.05, 4.69) is 43.5 Å². The normalized spacial score (nSPS) is 12.8. The fraction of sp³-hybridized carbons (Fsp3) is 0.897. The van der Waals surface area contributed by atoms with Gasteiger partial charge in [-0.05, 0) is 51.4 Å². The van der Waals surface area contributed by atoms with Crippen molar-refractivity contribution in [3.8, 4) is 0 Å². The van der Waals surface area contributed by atoms with Crippen LogP contribution >= 0.6 is 0 Å². The van der Waals surface area contributed by atoms with E-state index in [-0.39, 0.29) is 18.5 Å². The number of amides is 1. The molecule has 0 rings (SSSR count). The minimum atomic E-state index is -0.671. The first-order valence-corrected chi connectivity index (χ1v) is 28.6. The van der Waals surface area contributed by atoms with Gasteiger partial charge >= 0.3 is 5.97 Å². The maximum Gasteiger partial charge on any atom is 0.305 e. The Morgan fingerprint density at radius 2 is 0.797 bits per heavy atom. The van der Waals surface area contributed by atoms with E-state index in [4.69, 9.17) is 4.74 Å². The Hall–Kier alpha value is -1.66. The molecule has 0 aromatic carbocycles. The van der Waals surface area contributed by atoms with Crippen LogP contribution in [0.25, 0.3) is 0 Å². The molecule has 0 aliphatic carbocycles. The van der Waals surface area contributed by atoms with Crippen molar-refractivity contribution in [3.05, 3.63) is 24.3 Å². The van der Waals surface area contributed by atoms with Gasteiger partial charge in [0.2, 0.25) is 5.91 Å². The van der Waals surface area contributed by atoms with E-state index in [1.165, 1.54) is 218 Å². The zero-order chi connectivity index (χ0) is 46.5. The number of carbonyl (C=O) groups is 2. The molecule has 0 bridgehead atoms. The molecule has 6 heteroatoms. The Kier molecular flexibility index (Phi) is 52.6. The van der Waals surface area contributed by atoms with Gasteiger partial charge in [-0.1, -0.05) is 269 Å². The fourth-order valence-corrected chi connectivity index (χ4v) is 8.83. The molecule has 0 aromatic rings. The Balaban J connectivity index is 3.44. The molecule has 0 aliphatic rings. The highest BCUT2D eigenvalue weighted by Crippen LogP contribution is 2.17. The number of unbranched alkanes of at least 4 members (excludes halogenated alkanes) is 38. The monoisotopic (exact) mass is 902 g/mol. The van der Waals surface area contributed by atoms with Crippen molar-refractivity contribution in [1.29, 1.82) is 0 Å². The Labute approximate surface area is 399 Å². The summed E-state index contributed by atoms with van der Waals surface area (Å²) in [5.74, 6) is -0.0554. The largest absolute Gasteiger partial charge is 0.466 e. The molecule has 64 heavy (non-hydrogen) atoms. The summed E-state index contributed by atoms with van der Waals surface area (Å²) < 4.78 is 5.46. The number of hydrogen-bond acceptors (Lipinski definition) is 5. The van der Waals surface area contributed by atoms with Crippen LogP contribution in [0, 0.1) is 0 Å². The standard InChI is InChI=1S/C58H111NO5/c1-3-5-7-9-11-13-15-17-19-20-21-23-26-30-34-38-42-46-50-56(61)55(54-60)59-57(62)51-47-43-39-35-31-27-24-22-25-29-33-37-41-45-49-53-64-58(63)52-48-44-40-36-32-28-18-16-14-12-10-8-6-4-2/h10,12,16,18,55-56,60-61H,3-9,11,13-15,17,19-54H2,1-2H3,(H,59,62)/b12-10-,18-16-. The summed E-state index contributed by atoms with van der Waals surface area (Å²) in [4.78, 5) is 24.5. The summed E-state index contributed by atoms with van der Waals surface area (Å²) in [6.45, 7) is 4.90. The maximum atomic E-state index is 12.5. The molecule has 378 valence electrons. The summed E-state index contributed by atoms with van der Waals surface area (Å²) in [5, 5.41) is 23.3. The van der Waals surface area contributed by atoms with Crippen LogP contribution in [0.2, 0.25) is 0 Å². The van der Waals surface area contributed by atoms with Crippen LogP contribution in [0.1, 0.15) is 309 Å². The van der Waals surface area contributed by atoms with Crippen molar-refractivity contribution in [3.63, 3.8) is 0 Å². The van der Waals surface area contributed by atoms with Crippen LogP contribution in [-0.2, 0) is 14.3 Å². The van der Waals surface area contributed by atoms with E-state index in [0.29, 0.717) is 25.9 Å². The number of aliphatic hydroxyl groups is 2. The quantitative estimate of drug-likeness (QED) is 0.0321. The third kappa shape index (κ3) is 49.8. The van der Waals surface area contributed by atoms with Gasteiger partial charge in [0.25, 0.3) is 0 Å². The highest BCUT2D eigenvalue weighted by Gasteiger charge is 2.20. The van der Waals surface area contributed by atoms with Crippen molar-refractivity contribution < 1.29 is 24.5 Å². The summed E-state index contributed by atoms with van der Waals surface area (Å²) in [6, 6.07) is -0.549. The molecular weight excluding hydrogens is 791 g/mol. The molecule has 0 saturated heterocycles. The van der Waals surface area contributed by atoms with E-state index in [1.807, 2.05) is 0 Å². The van der Waals surface area contributed by atoms with Crippen LogP contribution in [0.5, 0.6) is 0 Å². The van der Waals surface area contributed by atoms with Crippen LogP contribution in [0.4, 0.5) is 0 Å². The van der Waals surface area contributed by atoms with Crippen molar-refractivity contribution in [2.24, 2.45) is 0 Å². The molecule has 2 atom stereocenters. The number of rotatable bonds is 53. The Bertz CT molecular complexity index is 997. The Morgan fingerprint density at radius 1 is 0.438 bits per heavy atom. The lowest BCUT2D eigenvalue weighted by Crippen LogP contribution is -2.45. The van der Waals surface area contributed by atoms with Crippen molar-refractivity contribution in [2.45, 2.75) is 321 Å². The van der Waals surface area contributed by atoms with Gasteiger partial charge in [0.1, 0.15) is 0 Å². The first kappa shape index (κ1) is 62.3. The van der Waals surface area contributed by atoms with E-state index in [1.54, 1.807) is 0 Å². The van der Waals surface area contributed by atoms with Crippen molar-refractivity contribution in [2.75, 3.05) is 13.2 Å². The highest BCUT2D eigenvalue weighted by atomic mass is 16.5. The highest BCUT2D eigenvalue weighted by molar-refractivity contribution is 5.76. The predicted molar refractivity (Wildman–Crippen MR) is 278 cm³/mol. The molecule has 0 aromatic heterocycles. The summed E-state index contributed by atoms with van der Waals surface area (Å²) in [5.41, 5.74) is 0. The number of aliphatic hydroxyl groups excluding tert-OH is 2. The first-order chi connectivity index (χ1) is 31.5. The molecule has 0 spiro atoms. The van der Waals surface area contributed by atoms with E-state index in [0.717, 1.165) is 57.8 Å². The topological polar surface area (TPSA) is 95.9 Å². The van der Waals surface area contributed by atoms with Gasteiger partial charge in [-0.3, -0.25) is 9.59 Å². The molecule has 0 radical (unpaired) electrons. The van der Waals surface area contributed by atoms with E-state index in [9.17, 15) is 19.8 Å². The molecule has 0 aliphatic heterocycles. The minimum absolute atomic E-state index is 0.0135. The predicted octanol–water partition coefficient (Wildman–Crippen LogP) is 17.5. The lowest BCUT2D eigenvalue weighted by atomic mass is 10.0. The van der Waals surface area contributed by atoms with Gasteiger partial charge in [-0.15, -0.1) is 0 Å². The molecule has 3 N–H and O–H groups in total. The fourth-order valence-electron chi connectivity index (χ4n) is 8.83. The maximum absolute atomic E-state index is 12.5. The van der Waals surface area contributed by atoms with E-state index >= 15 is 0 Å². The number of nitrogens with one attached hydrogen (secondary N) is 1. The molecule has 0 fully saturated rings. The molecular formula is C58H111NO5. The summed E-state index contributed by atoms with van der Waals surface area (Å²) >= 11 is 0. The molecule has 2 unspecified atom stereocenters. The lowest BCUT2D eigenvalue weighted by molar-refractivity contribution is -0.143. The van der Waals surface area contributed by atoms with Gasteiger partial charge in [0.05, 0.1) is 25.4 Å². The van der Waals surface area contributed by atoms with Gasteiger partial charge in [0.15, 0.2) is 0 Å². The number of allylic oxidation sites excluding steroid dienone is 4. The molecule has 1 amide bonds. The van der Waals surface area contributed by atoms with Crippen LogP contribution in [0.3, 0.4) is 0 Å². The van der Waals surface area contributed by atoms with Gasteiger partial charge in [-0.25, -0.2) is 0 Å². The second-order valence-corrected chi connectivity index (χ2v) is 19.6. The molecule has 0 heterocycles. The zero-order valence-electron chi connectivity index (χ0n) is 43.0. The average molecular weight is 903 g/mol. The summed E-state index contributed by atoms with van der Waals surface area (Å²) in [7, 11) is 0. The smallest absolute Gasteiger partial charge is 0.305 e. The van der Waals surface area contributed by atoms with Crippen molar-refractivity contribution in [1.82, 2.24) is 5.32 Å². The van der Waals surface area contributed by atoms with Gasteiger partial charge in [-0.2, -0.15) is 0 Å². The van der Waals surface area contributed by atoms with Crippen LogP contribution in [0.15, 0.2) is 24.3 Å². The second-order valence-electron chi connectivity index (χ2n) is 19.6. The number of ether oxygens (including phenoxy) is 1. The SMILES string of the molecule is CCCC/C=C\C/C=C\CCCCCCCC(=O)OCCCCCCCCCCCCCCCCCC(=O)NC(CO)C(O)CCCCCCCCCCCCCCCCCCCC. The van der Waals surface area contributed by atoms with Crippen LogP contribution < -0.4 is 5.32 Å². The van der Waals surface area contributed by atoms with E-state index < -0.39 is 12.1 Å². The van der Waals surface area contributed by atoms with Gasteiger partial charge in [0, 0.05) is 12.8 Å². The lowest BCUT2D eigenvalue weighted by Gasteiger charge is -2.22. The van der Waals surface area contributed by atoms with Gasteiger partial charge < -0.3 is 20.3 Å². The third-order valence-corrected chi connectivity index (χ3v) is 13.3. The average Bonchev–Trinajstić information content (AvgIpc) is 3.29.